The molecule has 0 saturated carbocycles. The van der Waals surface area contributed by atoms with Crippen LogP contribution in [0.3, 0.4) is 0 Å². The lowest BCUT2D eigenvalue weighted by molar-refractivity contribution is 0.400. The normalized spacial score (nSPS) is 21.4. The van der Waals surface area contributed by atoms with Crippen LogP contribution in [0.4, 0.5) is 4.39 Å². The summed E-state index contributed by atoms with van der Waals surface area (Å²) >= 11 is 0. The number of hydrogen-bond donors (Lipinski definition) is 2. The van der Waals surface area contributed by atoms with Crippen LogP contribution in [0.25, 0.3) is 11.0 Å². The van der Waals surface area contributed by atoms with Crippen molar-refractivity contribution in [2.45, 2.75) is 25.3 Å². The van der Waals surface area contributed by atoms with Crippen LogP contribution in [-0.2, 0) is 0 Å². The molecule has 1 aliphatic heterocycles. The molecule has 2 aromatic rings. The molecule has 2 heterocycles. The molecule has 0 amide bonds. The molecule has 1 aromatic carbocycles. The highest BCUT2D eigenvalue weighted by atomic mass is 19.1. The van der Waals surface area contributed by atoms with E-state index >= 15 is 0 Å². The lowest BCUT2D eigenvalue weighted by Gasteiger charge is -2.21. The molecule has 2 N–H and O–H groups in total. The number of rotatable bonds is 1. The Balaban J connectivity index is 2.01. The number of para-hydroxylation sites is 1. The van der Waals surface area contributed by atoms with Crippen molar-refractivity contribution < 1.29 is 4.39 Å². The molecule has 1 aromatic heterocycles. The molecule has 0 bridgehead atoms. The van der Waals surface area contributed by atoms with Crippen molar-refractivity contribution in [1.29, 1.82) is 0 Å². The first-order chi connectivity index (χ1) is 7.84. The lowest BCUT2D eigenvalue weighted by Crippen LogP contribution is -2.27. The van der Waals surface area contributed by atoms with E-state index < -0.39 is 0 Å². The average Bonchev–Trinajstić information content (AvgIpc) is 2.76. The summed E-state index contributed by atoms with van der Waals surface area (Å²) in [6.07, 6.45) is 3.49. The van der Waals surface area contributed by atoms with Crippen molar-refractivity contribution in [2.75, 3.05) is 6.54 Å². The van der Waals surface area contributed by atoms with Gasteiger partial charge in [0.1, 0.15) is 11.3 Å². The van der Waals surface area contributed by atoms with Gasteiger partial charge in [0.25, 0.3) is 0 Å². The highest BCUT2D eigenvalue weighted by molar-refractivity contribution is 5.75. The number of aromatic nitrogens is 2. The number of piperidine rings is 1. The smallest absolute Gasteiger partial charge is 0.151 e. The monoisotopic (exact) mass is 219 g/mol. The predicted octanol–water partition coefficient (Wildman–Crippen LogP) is 2.52. The topological polar surface area (TPSA) is 40.7 Å². The molecule has 1 unspecified atom stereocenters. The summed E-state index contributed by atoms with van der Waals surface area (Å²) in [4.78, 5) is 7.54. The standard InChI is InChI=1S/C12H14FN3/c13-8-4-3-6-9-11(8)16-12(15-9)10-5-1-2-7-14-10/h3-4,6,10,14H,1-2,5,7H2,(H,15,16). The van der Waals surface area contributed by atoms with Crippen molar-refractivity contribution in [3.05, 3.63) is 29.8 Å². The number of hydrogen-bond acceptors (Lipinski definition) is 2. The van der Waals surface area contributed by atoms with Crippen LogP contribution in [0.15, 0.2) is 18.2 Å². The zero-order valence-electron chi connectivity index (χ0n) is 8.96. The van der Waals surface area contributed by atoms with Gasteiger partial charge in [-0.15, -0.1) is 0 Å². The van der Waals surface area contributed by atoms with Crippen LogP contribution >= 0.6 is 0 Å². The van der Waals surface area contributed by atoms with Crippen molar-refractivity contribution in [3.63, 3.8) is 0 Å². The van der Waals surface area contributed by atoms with E-state index in [2.05, 4.69) is 15.3 Å². The van der Waals surface area contributed by atoms with Gasteiger partial charge in [0.05, 0.1) is 11.6 Å². The second kappa shape index (κ2) is 3.87. The van der Waals surface area contributed by atoms with E-state index in [1.165, 1.54) is 18.9 Å². The van der Waals surface area contributed by atoms with E-state index in [0.717, 1.165) is 24.3 Å². The number of imidazole rings is 1. The van der Waals surface area contributed by atoms with Gasteiger partial charge in [0.2, 0.25) is 0 Å². The molecule has 0 spiro atoms. The van der Waals surface area contributed by atoms with Crippen molar-refractivity contribution in [1.82, 2.24) is 15.3 Å². The van der Waals surface area contributed by atoms with Gasteiger partial charge in [-0.2, -0.15) is 0 Å². The minimum atomic E-state index is -0.254. The van der Waals surface area contributed by atoms with Crippen LogP contribution < -0.4 is 5.32 Å². The third kappa shape index (κ3) is 1.59. The molecule has 1 saturated heterocycles. The quantitative estimate of drug-likeness (QED) is 0.773. The zero-order chi connectivity index (χ0) is 11.0. The summed E-state index contributed by atoms with van der Waals surface area (Å²) in [5.41, 5.74) is 1.23. The summed E-state index contributed by atoms with van der Waals surface area (Å²) in [5.74, 6) is 0.607. The minimum Gasteiger partial charge on any atom is -0.341 e. The molecular formula is C12H14FN3. The second-order valence-corrected chi connectivity index (χ2v) is 4.26. The van der Waals surface area contributed by atoms with Crippen LogP contribution in [0.5, 0.6) is 0 Å². The highest BCUT2D eigenvalue weighted by Gasteiger charge is 2.18. The van der Waals surface area contributed by atoms with Crippen LogP contribution in [0, 0.1) is 5.82 Å². The van der Waals surface area contributed by atoms with Gasteiger partial charge >= 0.3 is 0 Å². The summed E-state index contributed by atoms with van der Waals surface area (Å²) < 4.78 is 13.5. The van der Waals surface area contributed by atoms with Gasteiger partial charge in [-0.1, -0.05) is 12.5 Å². The molecule has 1 atom stereocenters. The molecule has 4 heteroatoms. The fraction of sp³-hybridized carbons (Fsp3) is 0.417. The zero-order valence-corrected chi connectivity index (χ0v) is 8.96. The van der Waals surface area contributed by atoms with E-state index in [0.29, 0.717) is 5.52 Å². The number of fused-ring (bicyclic) bond motifs is 1. The van der Waals surface area contributed by atoms with E-state index in [1.54, 1.807) is 6.07 Å². The molecule has 0 aliphatic carbocycles. The van der Waals surface area contributed by atoms with Gasteiger partial charge in [0, 0.05) is 0 Å². The first kappa shape index (κ1) is 9.78. The maximum Gasteiger partial charge on any atom is 0.151 e. The fourth-order valence-electron chi connectivity index (χ4n) is 2.27. The molecule has 84 valence electrons. The largest absolute Gasteiger partial charge is 0.341 e. The van der Waals surface area contributed by atoms with Gasteiger partial charge in [-0.25, -0.2) is 9.37 Å². The fourth-order valence-corrected chi connectivity index (χ4v) is 2.27. The predicted molar refractivity (Wildman–Crippen MR) is 60.6 cm³/mol. The van der Waals surface area contributed by atoms with E-state index in [-0.39, 0.29) is 11.9 Å². The van der Waals surface area contributed by atoms with Crippen LogP contribution in [0.1, 0.15) is 31.1 Å². The van der Waals surface area contributed by atoms with Crippen molar-refractivity contribution >= 4 is 11.0 Å². The van der Waals surface area contributed by atoms with E-state index in [9.17, 15) is 4.39 Å². The van der Waals surface area contributed by atoms with Gasteiger partial charge in [0.15, 0.2) is 5.82 Å². The number of nitrogens with one attached hydrogen (secondary N) is 2. The van der Waals surface area contributed by atoms with Gasteiger partial charge in [-0.05, 0) is 31.5 Å². The summed E-state index contributed by atoms with van der Waals surface area (Å²) in [6.45, 7) is 1.02. The summed E-state index contributed by atoms with van der Waals surface area (Å²) in [6, 6.07) is 5.26. The highest BCUT2D eigenvalue weighted by Crippen LogP contribution is 2.23. The molecule has 1 aliphatic rings. The number of nitrogens with zero attached hydrogens (tertiary/aromatic N) is 1. The number of halogens is 1. The van der Waals surface area contributed by atoms with Crippen LogP contribution in [0.2, 0.25) is 0 Å². The van der Waals surface area contributed by atoms with Crippen molar-refractivity contribution in [2.24, 2.45) is 0 Å². The molecule has 3 rings (SSSR count). The summed E-state index contributed by atoms with van der Waals surface area (Å²) in [5, 5.41) is 3.40. The number of benzene rings is 1. The first-order valence-corrected chi connectivity index (χ1v) is 5.72. The van der Waals surface area contributed by atoms with E-state index in [4.69, 9.17) is 0 Å². The molecule has 16 heavy (non-hydrogen) atoms. The molecule has 1 fully saturated rings. The third-order valence-corrected chi connectivity index (χ3v) is 3.12. The maximum atomic E-state index is 13.5. The maximum absolute atomic E-state index is 13.5. The Labute approximate surface area is 93.1 Å². The Kier molecular flexibility index (Phi) is 2.36. The van der Waals surface area contributed by atoms with Crippen LogP contribution in [-0.4, -0.2) is 16.5 Å². The molecule has 3 nitrogen and oxygen atoms in total. The Hall–Kier alpha value is -1.42. The second-order valence-electron chi connectivity index (χ2n) is 4.26. The summed E-state index contributed by atoms with van der Waals surface area (Å²) in [7, 11) is 0. The Morgan fingerprint density at radius 3 is 3.00 bits per heavy atom. The first-order valence-electron chi connectivity index (χ1n) is 5.72. The Bertz CT molecular complexity index is 500. The Morgan fingerprint density at radius 2 is 2.25 bits per heavy atom. The van der Waals surface area contributed by atoms with Gasteiger partial charge in [-0.3, -0.25) is 0 Å². The molecule has 0 radical (unpaired) electrons. The molecular weight excluding hydrogens is 205 g/mol. The third-order valence-electron chi connectivity index (χ3n) is 3.12. The SMILES string of the molecule is Fc1cccc2[nH]c(C3CCCCN3)nc12. The van der Waals surface area contributed by atoms with E-state index in [1.807, 2.05) is 6.07 Å². The minimum absolute atomic E-state index is 0.251. The average molecular weight is 219 g/mol. The number of aromatic amines is 1. The van der Waals surface area contributed by atoms with Crippen molar-refractivity contribution in [3.8, 4) is 0 Å². The lowest BCUT2D eigenvalue weighted by atomic mass is 10.0. The van der Waals surface area contributed by atoms with Gasteiger partial charge < -0.3 is 10.3 Å². The Morgan fingerprint density at radius 1 is 1.31 bits per heavy atom. The number of H-pyrrole nitrogens is 1.